The first-order valence-corrected chi connectivity index (χ1v) is 19.6. The quantitative estimate of drug-likeness (QED) is 0.102. The number of thiol groups is 1. The SMILES string of the molecule is C1CCOC1.Sc1c(-c2ccccc2)cc(-c2ccccc2)cc1-c1ccccc1.[H-].[K+].[K+].[S-]c1c(-c2ccccc2)cc(-c2ccccc2)cc1-c1ccccc1. The third-order valence-corrected chi connectivity index (χ3v) is 10.5. The molecule has 1 aliphatic heterocycles. The molecule has 0 radical (unpaired) electrons. The molecule has 1 saturated heterocycles. The van der Waals surface area contributed by atoms with Crippen molar-refractivity contribution in [3.05, 3.63) is 206 Å². The van der Waals surface area contributed by atoms with Gasteiger partial charge in [0, 0.05) is 18.1 Å². The van der Waals surface area contributed by atoms with Gasteiger partial charge in [0.05, 0.1) is 0 Å². The minimum atomic E-state index is 0. The maximum atomic E-state index is 5.87. The predicted octanol–water partition coefficient (Wildman–Crippen LogP) is 8.49. The third-order valence-electron chi connectivity index (χ3n) is 9.58. The van der Waals surface area contributed by atoms with E-state index in [-0.39, 0.29) is 104 Å². The Morgan fingerprint density at radius 1 is 0.351 bits per heavy atom. The molecule has 0 bridgehead atoms. The maximum Gasteiger partial charge on any atom is 1.00 e. The molecule has 8 aromatic carbocycles. The van der Waals surface area contributed by atoms with Crippen LogP contribution in [0.15, 0.2) is 216 Å². The van der Waals surface area contributed by atoms with Crippen LogP contribution in [0.1, 0.15) is 14.3 Å². The fourth-order valence-electron chi connectivity index (χ4n) is 6.71. The molecule has 0 N–H and O–H groups in total. The minimum Gasteiger partial charge on any atom is -1.00 e. The summed E-state index contributed by atoms with van der Waals surface area (Å²) >= 11 is 10.8. The fraction of sp³-hybridized carbons (Fsp3) is 0.0769. The second-order valence-corrected chi connectivity index (χ2v) is 14.2. The van der Waals surface area contributed by atoms with Crippen molar-refractivity contribution in [3.8, 4) is 66.8 Å². The summed E-state index contributed by atoms with van der Waals surface area (Å²) in [5.74, 6) is 0. The molecule has 0 aliphatic carbocycles. The van der Waals surface area contributed by atoms with E-state index in [0.29, 0.717) is 0 Å². The second kappa shape index (κ2) is 24.0. The molecule has 57 heavy (non-hydrogen) atoms. The number of hydrogen-bond acceptors (Lipinski definition) is 3. The van der Waals surface area contributed by atoms with Crippen molar-refractivity contribution in [2.24, 2.45) is 0 Å². The van der Waals surface area contributed by atoms with E-state index in [1.165, 1.54) is 46.2 Å². The zero-order chi connectivity index (χ0) is 37.7. The average molecular weight is 827 g/mol. The Labute approximate surface area is 436 Å². The van der Waals surface area contributed by atoms with Crippen molar-refractivity contribution < 1.29 is 109 Å². The van der Waals surface area contributed by atoms with Gasteiger partial charge in [0.25, 0.3) is 0 Å². The average Bonchev–Trinajstić information content (AvgIpc) is 3.87. The Kier molecular flexibility index (Phi) is 19.2. The summed E-state index contributed by atoms with van der Waals surface area (Å²) in [6.07, 6.45) is 2.56. The molecule has 0 amide bonds. The number of ether oxygens (including phenoxy) is 1. The van der Waals surface area contributed by atoms with Crippen LogP contribution in [-0.2, 0) is 17.4 Å². The van der Waals surface area contributed by atoms with Crippen LogP contribution in [0.4, 0.5) is 0 Å². The monoisotopic (exact) mass is 826 g/mol. The molecular weight excluding hydrogens is 783 g/mol. The zero-order valence-electron chi connectivity index (χ0n) is 33.7. The van der Waals surface area contributed by atoms with Crippen LogP contribution < -0.4 is 103 Å². The smallest absolute Gasteiger partial charge is 1.00 e. The zero-order valence-corrected chi connectivity index (χ0v) is 40.7. The maximum absolute atomic E-state index is 5.87. The summed E-state index contributed by atoms with van der Waals surface area (Å²) in [5.41, 5.74) is 14.0. The topological polar surface area (TPSA) is 9.23 Å². The molecule has 0 spiro atoms. The summed E-state index contributed by atoms with van der Waals surface area (Å²) < 4.78 is 4.94. The fourth-order valence-corrected chi connectivity index (χ4v) is 7.45. The van der Waals surface area contributed by atoms with Crippen molar-refractivity contribution in [1.29, 1.82) is 0 Å². The summed E-state index contributed by atoms with van der Waals surface area (Å²) in [6, 6.07) is 71.5. The number of benzene rings is 8. The van der Waals surface area contributed by atoms with Crippen LogP contribution in [0.5, 0.6) is 0 Å². The van der Waals surface area contributed by atoms with Gasteiger partial charge >= 0.3 is 103 Å². The third kappa shape index (κ3) is 12.5. The van der Waals surface area contributed by atoms with Gasteiger partial charge < -0.3 is 18.8 Å². The van der Waals surface area contributed by atoms with Crippen molar-refractivity contribution in [2.75, 3.05) is 13.2 Å². The molecule has 272 valence electrons. The van der Waals surface area contributed by atoms with Gasteiger partial charge in [-0.15, -0.1) is 12.6 Å². The van der Waals surface area contributed by atoms with Gasteiger partial charge in [-0.05, 0) is 104 Å². The molecule has 0 atom stereocenters. The minimum absolute atomic E-state index is 0. The van der Waals surface area contributed by atoms with Crippen LogP contribution in [0.2, 0.25) is 0 Å². The van der Waals surface area contributed by atoms with Gasteiger partial charge in [-0.25, -0.2) is 0 Å². The van der Waals surface area contributed by atoms with Crippen LogP contribution in [-0.4, -0.2) is 13.2 Å². The van der Waals surface area contributed by atoms with E-state index in [9.17, 15) is 0 Å². The summed E-state index contributed by atoms with van der Waals surface area (Å²) in [7, 11) is 0. The molecule has 8 aromatic rings. The molecular formula is C52H44K2OS2. The normalized spacial score (nSPS) is 11.4. The van der Waals surface area contributed by atoms with Crippen molar-refractivity contribution >= 4 is 25.3 Å². The standard InChI is InChI=1S/2C24H18S.C4H8O.2K.H/c2*25-24-22(19-12-6-2-7-13-19)16-21(18-10-4-1-5-11-18)17-23(24)20-14-8-3-9-15-20;1-2-4-5-3-1;;;/h2*1-17,25H;1-4H2;;;/q;;;2*+1;-1/p-1. The first kappa shape index (κ1) is 45.6. The van der Waals surface area contributed by atoms with E-state index < -0.39 is 0 Å². The summed E-state index contributed by atoms with van der Waals surface area (Å²) in [4.78, 5) is 1.91. The molecule has 9 rings (SSSR count). The molecule has 0 unspecified atom stereocenters. The van der Waals surface area contributed by atoms with E-state index in [4.69, 9.17) is 30.0 Å². The first-order chi connectivity index (χ1) is 27.2. The Morgan fingerprint density at radius 2 is 0.596 bits per heavy atom. The van der Waals surface area contributed by atoms with Crippen LogP contribution in [0, 0.1) is 0 Å². The van der Waals surface area contributed by atoms with E-state index in [1.54, 1.807) is 0 Å². The Balaban J connectivity index is 0.000000219. The summed E-state index contributed by atoms with van der Waals surface area (Å²) in [6.45, 7) is 2.00. The molecule has 5 heteroatoms. The predicted molar refractivity (Wildman–Crippen MR) is 240 cm³/mol. The van der Waals surface area contributed by atoms with Gasteiger partial charge in [0.1, 0.15) is 0 Å². The molecule has 1 fully saturated rings. The number of hydrogen-bond donors (Lipinski definition) is 1. The largest absolute Gasteiger partial charge is 1.00 e. The van der Waals surface area contributed by atoms with Gasteiger partial charge in [0.15, 0.2) is 0 Å². The van der Waals surface area contributed by atoms with Crippen LogP contribution >= 0.6 is 12.6 Å². The van der Waals surface area contributed by atoms with Crippen molar-refractivity contribution in [3.63, 3.8) is 0 Å². The Hall–Kier alpha value is -2.44. The van der Waals surface area contributed by atoms with E-state index >= 15 is 0 Å². The van der Waals surface area contributed by atoms with Crippen LogP contribution in [0.25, 0.3) is 66.8 Å². The molecule has 1 aliphatic rings. The molecule has 1 heterocycles. The molecule has 0 aromatic heterocycles. The molecule has 1 nitrogen and oxygen atoms in total. The number of rotatable bonds is 6. The summed E-state index contributed by atoms with van der Waals surface area (Å²) in [5, 5.41) is 0. The van der Waals surface area contributed by atoms with Gasteiger partial charge in [-0.2, -0.15) is 4.90 Å². The van der Waals surface area contributed by atoms with Crippen LogP contribution in [0.3, 0.4) is 0 Å². The van der Waals surface area contributed by atoms with Gasteiger partial charge in [-0.3, -0.25) is 0 Å². The van der Waals surface area contributed by atoms with Gasteiger partial charge in [0.2, 0.25) is 0 Å². The Morgan fingerprint density at radius 3 is 0.860 bits per heavy atom. The van der Waals surface area contributed by atoms with Crippen molar-refractivity contribution in [2.45, 2.75) is 22.6 Å². The van der Waals surface area contributed by atoms with E-state index in [1.807, 2.05) is 36.4 Å². The van der Waals surface area contributed by atoms with E-state index in [2.05, 4.69) is 170 Å². The van der Waals surface area contributed by atoms with Gasteiger partial charge in [-0.1, -0.05) is 182 Å². The first-order valence-electron chi connectivity index (χ1n) is 18.8. The van der Waals surface area contributed by atoms with E-state index in [0.717, 1.165) is 56.4 Å². The molecule has 0 saturated carbocycles. The van der Waals surface area contributed by atoms with Crippen molar-refractivity contribution in [1.82, 2.24) is 0 Å². The Bertz CT molecular complexity index is 2100. The second-order valence-electron chi connectivity index (χ2n) is 13.3.